The third-order valence-electron chi connectivity index (χ3n) is 9.50. The van der Waals surface area contributed by atoms with Crippen LogP contribution in [-0.4, -0.2) is 111 Å². The van der Waals surface area contributed by atoms with Crippen molar-refractivity contribution in [2.45, 2.75) is 45.2 Å². The van der Waals surface area contributed by atoms with Gasteiger partial charge in [-0.1, -0.05) is 42.5 Å². The SMILES string of the molecule is COC(=O)c1ccc(C(CN2CCN(CCCCc3c(OC)ccc4ccccc34)CC2)N2CCN(C(C)C)CC2)cc1. The molecule has 0 spiro atoms. The molecule has 2 fully saturated rings. The van der Waals surface area contributed by atoms with Crippen molar-refractivity contribution >= 4 is 16.7 Å². The number of hydrogen-bond acceptors (Lipinski definition) is 7. The van der Waals surface area contributed by atoms with Crippen LogP contribution < -0.4 is 4.74 Å². The van der Waals surface area contributed by atoms with Gasteiger partial charge < -0.3 is 14.4 Å². The van der Waals surface area contributed by atoms with Crippen molar-refractivity contribution in [1.29, 1.82) is 0 Å². The highest BCUT2D eigenvalue weighted by atomic mass is 16.5. The molecule has 2 saturated heterocycles. The predicted molar refractivity (Wildman–Crippen MR) is 175 cm³/mol. The van der Waals surface area contributed by atoms with Gasteiger partial charge in [0.05, 0.1) is 19.8 Å². The highest BCUT2D eigenvalue weighted by Gasteiger charge is 2.29. The van der Waals surface area contributed by atoms with Gasteiger partial charge >= 0.3 is 5.97 Å². The minimum absolute atomic E-state index is 0.277. The highest BCUT2D eigenvalue weighted by Crippen LogP contribution is 2.30. The van der Waals surface area contributed by atoms with Crippen LogP contribution >= 0.6 is 0 Å². The van der Waals surface area contributed by atoms with E-state index in [0.717, 1.165) is 84.0 Å². The number of piperazine rings is 2. The van der Waals surface area contributed by atoms with Gasteiger partial charge in [0.15, 0.2) is 0 Å². The summed E-state index contributed by atoms with van der Waals surface area (Å²) in [4.78, 5) is 22.5. The summed E-state index contributed by atoms with van der Waals surface area (Å²) in [6.07, 6.45) is 3.41. The molecular formula is C36H50N4O3. The molecule has 3 aromatic rings. The second kappa shape index (κ2) is 15.2. The summed E-state index contributed by atoms with van der Waals surface area (Å²) in [5.41, 5.74) is 3.24. The minimum Gasteiger partial charge on any atom is -0.496 e. The molecule has 0 aromatic heterocycles. The van der Waals surface area contributed by atoms with Crippen LogP contribution in [0.5, 0.6) is 5.75 Å². The van der Waals surface area contributed by atoms with Crippen molar-refractivity contribution in [2.75, 3.05) is 79.7 Å². The van der Waals surface area contributed by atoms with Crippen LogP contribution in [0.25, 0.3) is 10.8 Å². The summed E-state index contributed by atoms with van der Waals surface area (Å²) in [5, 5.41) is 2.60. The molecule has 232 valence electrons. The zero-order valence-corrected chi connectivity index (χ0v) is 26.6. The molecule has 0 aliphatic carbocycles. The molecule has 3 aromatic carbocycles. The number of nitrogens with zero attached hydrogens (tertiary/aromatic N) is 4. The first-order chi connectivity index (χ1) is 21.0. The van der Waals surface area contributed by atoms with Crippen LogP contribution in [0.1, 0.15) is 54.2 Å². The van der Waals surface area contributed by atoms with Crippen molar-refractivity contribution in [3.63, 3.8) is 0 Å². The Morgan fingerprint density at radius 1 is 0.767 bits per heavy atom. The lowest BCUT2D eigenvalue weighted by atomic mass is 9.99. The number of esters is 1. The smallest absolute Gasteiger partial charge is 0.337 e. The van der Waals surface area contributed by atoms with Crippen molar-refractivity contribution in [3.05, 3.63) is 77.4 Å². The highest BCUT2D eigenvalue weighted by molar-refractivity contribution is 5.89. The average Bonchev–Trinajstić information content (AvgIpc) is 3.06. The first-order valence-electron chi connectivity index (χ1n) is 16.1. The fourth-order valence-electron chi connectivity index (χ4n) is 6.80. The van der Waals surface area contributed by atoms with E-state index >= 15 is 0 Å². The average molecular weight is 587 g/mol. The van der Waals surface area contributed by atoms with Crippen molar-refractivity contribution in [3.8, 4) is 5.75 Å². The molecule has 0 N–H and O–H groups in total. The molecule has 7 nitrogen and oxygen atoms in total. The quantitative estimate of drug-likeness (QED) is 0.210. The van der Waals surface area contributed by atoms with Crippen LogP contribution in [0.3, 0.4) is 0 Å². The van der Waals surface area contributed by atoms with Crippen LogP contribution in [0, 0.1) is 0 Å². The molecule has 2 aliphatic rings. The first-order valence-corrected chi connectivity index (χ1v) is 16.1. The first kappa shape index (κ1) is 31.5. The molecule has 0 bridgehead atoms. The van der Waals surface area contributed by atoms with E-state index < -0.39 is 0 Å². The van der Waals surface area contributed by atoms with Crippen molar-refractivity contribution in [1.82, 2.24) is 19.6 Å². The summed E-state index contributed by atoms with van der Waals surface area (Å²) >= 11 is 0. The van der Waals surface area contributed by atoms with Gasteiger partial charge in [0.25, 0.3) is 0 Å². The Kier molecular flexibility index (Phi) is 11.1. The Bertz CT molecular complexity index is 1310. The summed E-state index contributed by atoms with van der Waals surface area (Å²) in [6, 6.07) is 21.9. The van der Waals surface area contributed by atoms with E-state index in [1.165, 1.54) is 35.4 Å². The number of benzene rings is 3. The molecule has 1 unspecified atom stereocenters. The predicted octanol–water partition coefficient (Wildman–Crippen LogP) is 5.34. The lowest BCUT2D eigenvalue weighted by Crippen LogP contribution is -2.53. The van der Waals surface area contributed by atoms with Crippen LogP contribution in [0.4, 0.5) is 0 Å². The summed E-state index contributed by atoms with van der Waals surface area (Å²) in [6.45, 7) is 15.5. The molecule has 2 aliphatic heterocycles. The molecule has 7 heteroatoms. The van der Waals surface area contributed by atoms with E-state index in [1.807, 2.05) is 12.1 Å². The number of hydrogen-bond donors (Lipinski definition) is 0. The van der Waals surface area contributed by atoms with E-state index in [2.05, 4.69) is 82.0 Å². The topological polar surface area (TPSA) is 48.5 Å². The number of carbonyl (C=O) groups excluding carboxylic acids is 1. The van der Waals surface area contributed by atoms with Gasteiger partial charge in [0.2, 0.25) is 0 Å². The van der Waals surface area contributed by atoms with Gasteiger partial charge in [-0.05, 0) is 74.2 Å². The van der Waals surface area contributed by atoms with Crippen LogP contribution in [0.2, 0.25) is 0 Å². The zero-order chi connectivity index (χ0) is 30.2. The number of fused-ring (bicyclic) bond motifs is 1. The number of rotatable bonds is 12. The minimum atomic E-state index is -0.277. The Hall–Kier alpha value is -2.97. The number of carbonyl (C=O) groups is 1. The third-order valence-corrected chi connectivity index (χ3v) is 9.50. The molecule has 0 saturated carbocycles. The number of unbranched alkanes of at least 4 members (excludes halogenated alkanes) is 1. The van der Waals surface area contributed by atoms with Gasteiger partial charge in [-0.25, -0.2) is 4.79 Å². The van der Waals surface area contributed by atoms with Crippen molar-refractivity contribution in [2.24, 2.45) is 0 Å². The lowest BCUT2D eigenvalue weighted by Gasteiger charge is -2.43. The van der Waals surface area contributed by atoms with Gasteiger partial charge in [-0.3, -0.25) is 14.7 Å². The monoisotopic (exact) mass is 586 g/mol. The standard InChI is InChI=1S/C36H50N4O3/c1-28(2)39-23-25-40(26-24-39)34(30-12-14-31(15-13-30)36(41)43-4)27-38-21-19-37(20-22-38)18-8-7-11-33-32-10-6-5-9-29(32)16-17-35(33)42-3/h5-6,9-10,12-17,28,34H,7-8,11,18-27H2,1-4H3. The Balaban J connectivity index is 1.14. The Labute approximate surface area is 258 Å². The Morgan fingerprint density at radius 3 is 2.12 bits per heavy atom. The summed E-state index contributed by atoms with van der Waals surface area (Å²) < 4.78 is 10.6. The number of ether oxygens (including phenoxy) is 2. The molecule has 43 heavy (non-hydrogen) atoms. The molecule has 0 amide bonds. The zero-order valence-electron chi connectivity index (χ0n) is 26.6. The molecule has 1 atom stereocenters. The van der Waals surface area contributed by atoms with Crippen LogP contribution in [0.15, 0.2) is 60.7 Å². The second-order valence-electron chi connectivity index (χ2n) is 12.4. The fraction of sp³-hybridized carbons (Fsp3) is 0.528. The van der Waals surface area contributed by atoms with E-state index in [4.69, 9.17) is 9.47 Å². The molecule has 2 heterocycles. The largest absolute Gasteiger partial charge is 0.496 e. The summed E-state index contributed by atoms with van der Waals surface area (Å²) in [5.74, 6) is 0.730. The van der Waals surface area contributed by atoms with E-state index in [0.29, 0.717) is 17.6 Å². The van der Waals surface area contributed by atoms with Gasteiger partial charge in [-0.2, -0.15) is 0 Å². The molecule has 0 radical (unpaired) electrons. The summed E-state index contributed by atoms with van der Waals surface area (Å²) in [7, 11) is 3.22. The maximum Gasteiger partial charge on any atom is 0.337 e. The molecular weight excluding hydrogens is 536 g/mol. The maximum atomic E-state index is 12.0. The van der Waals surface area contributed by atoms with E-state index in [-0.39, 0.29) is 5.97 Å². The second-order valence-corrected chi connectivity index (χ2v) is 12.4. The number of aryl methyl sites for hydroxylation is 1. The third kappa shape index (κ3) is 7.95. The number of methoxy groups -OCH3 is 2. The van der Waals surface area contributed by atoms with E-state index in [1.54, 1.807) is 7.11 Å². The van der Waals surface area contributed by atoms with Gasteiger partial charge in [0, 0.05) is 76.5 Å². The van der Waals surface area contributed by atoms with Crippen LogP contribution in [-0.2, 0) is 11.2 Å². The van der Waals surface area contributed by atoms with E-state index in [9.17, 15) is 4.79 Å². The van der Waals surface area contributed by atoms with Crippen molar-refractivity contribution < 1.29 is 14.3 Å². The Morgan fingerprint density at radius 2 is 1.44 bits per heavy atom. The van der Waals surface area contributed by atoms with Gasteiger partial charge in [0.1, 0.15) is 5.75 Å². The maximum absolute atomic E-state index is 12.0. The normalized spacial score (nSPS) is 18.3. The van der Waals surface area contributed by atoms with Gasteiger partial charge in [-0.15, -0.1) is 0 Å². The lowest BCUT2D eigenvalue weighted by molar-refractivity contribution is 0.0480. The fourth-order valence-corrected chi connectivity index (χ4v) is 6.80. The molecule has 5 rings (SSSR count).